The predicted molar refractivity (Wildman–Crippen MR) is 131 cm³/mol. The summed E-state index contributed by atoms with van der Waals surface area (Å²) in [5, 5.41) is 5.85. The van der Waals surface area contributed by atoms with E-state index in [1.165, 1.54) is 17.7 Å². The number of thiol groups is 1. The van der Waals surface area contributed by atoms with Crippen molar-refractivity contribution in [2.75, 3.05) is 23.3 Å². The van der Waals surface area contributed by atoms with Crippen molar-refractivity contribution in [1.82, 2.24) is 14.2 Å². The number of fused-ring (bicyclic) bond motifs is 1. The molecule has 1 aliphatic rings. The number of aldehydes is 1. The topological polar surface area (TPSA) is 83.0 Å². The maximum absolute atomic E-state index is 11.5. The molecule has 0 fully saturated rings. The minimum atomic E-state index is 0.111. The summed E-state index contributed by atoms with van der Waals surface area (Å²) in [5.74, 6) is 0.295. The van der Waals surface area contributed by atoms with Gasteiger partial charge in [-0.15, -0.1) is 0 Å². The minimum absolute atomic E-state index is 0.111. The second-order valence-corrected chi connectivity index (χ2v) is 7.00. The van der Waals surface area contributed by atoms with Gasteiger partial charge >= 0.3 is 0 Å². The second-order valence-electron chi connectivity index (χ2n) is 6.21. The highest BCUT2D eigenvalue weighted by Gasteiger charge is 2.15. The van der Waals surface area contributed by atoms with Gasteiger partial charge in [-0.05, 0) is 55.6 Å². The average molecular weight is 454 g/mol. The Morgan fingerprint density at radius 2 is 1.97 bits per heavy atom. The van der Waals surface area contributed by atoms with E-state index in [0.29, 0.717) is 6.29 Å². The fourth-order valence-electron chi connectivity index (χ4n) is 2.54. The van der Waals surface area contributed by atoms with Gasteiger partial charge in [-0.25, -0.2) is 4.09 Å². The predicted octanol–water partition coefficient (Wildman–Crippen LogP) is 5.31. The zero-order chi connectivity index (χ0) is 23.1. The molecule has 0 aliphatic carbocycles. The number of hydrogen-bond acceptors (Lipinski definition) is 6. The highest BCUT2D eigenvalue weighted by molar-refractivity contribution is 7.78. The lowest BCUT2D eigenvalue weighted by molar-refractivity contribution is -0.116. The molecule has 0 saturated carbocycles. The van der Waals surface area contributed by atoms with Crippen molar-refractivity contribution in [2.45, 2.75) is 60.8 Å². The Morgan fingerprint density at radius 1 is 1.33 bits per heavy atom. The van der Waals surface area contributed by atoms with E-state index in [4.69, 9.17) is 0 Å². The summed E-state index contributed by atoms with van der Waals surface area (Å²) in [6.07, 6.45) is 3.88. The summed E-state index contributed by atoms with van der Waals surface area (Å²) in [6.45, 7) is 13.7. The van der Waals surface area contributed by atoms with E-state index < -0.39 is 0 Å². The van der Waals surface area contributed by atoms with Crippen LogP contribution in [0.25, 0.3) is 0 Å². The molecule has 0 saturated heterocycles. The molecule has 0 spiro atoms. The summed E-state index contributed by atoms with van der Waals surface area (Å²) >= 11 is 8.39. The Morgan fingerprint density at radius 3 is 2.40 bits per heavy atom. The smallest absolute Gasteiger partial charge is 0.223 e. The third kappa shape index (κ3) is 9.13. The number of anilines is 2. The number of carbonyl (C=O) groups excluding carboxylic acids is 2. The van der Waals surface area contributed by atoms with Crippen LogP contribution in [0, 0.1) is 4.77 Å². The largest absolute Gasteiger partial charge is 0.384 e. The van der Waals surface area contributed by atoms with Crippen LogP contribution in [-0.2, 0) is 11.2 Å². The van der Waals surface area contributed by atoms with Crippen LogP contribution in [-0.4, -0.2) is 39.5 Å². The van der Waals surface area contributed by atoms with Gasteiger partial charge in [-0.3, -0.25) is 14.7 Å². The molecule has 30 heavy (non-hydrogen) atoms. The summed E-state index contributed by atoms with van der Waals surface area (Å²) in [4.78, 5) is 27.0. The highest BCUT2D eigenvalue weighted by atomic mass is 32.1. The average Bonchev–Trinajstić information content (AvgIpc) is 3.33. The van der Waals surface area contributed by atoms with Gasteiger partial charge in [0.2, 0.25) is 16.5 Å². The third-order valence-electron chi connectivity index (χ3n) is 3.68. The second kappa shape index (κ2) is 15.7. The molecular weight excluding hydrogens is 418 g/mol. The van der Waals surface area contributed by atoms with Crippen LogP contribution in [0.2, 0.25) is 0 Å². The Labute approximate surface area is 190 Å². The van der Waals surface area contributed by atoms with Crippen LogP contribution in [0.5, 0.6) is 0 Å². The molecule has 1 aromatic carbocycles. The standard InChI is InChI=1S/C13H18N2O.C3H3N3OS2.C3H8.C2H6/c1-3-8-15(10(2)16)12-5-4-11-6-7-14-13(11)9-12;7-1-2-4-3(8)5-6(2)9;1-3-2;1-2/h4-5,9,14H,3,6-8H2,1-2H3;1,9H,(H,5,8);3H2,1-2H3;1-2H3. The number of amides is 1. The monoisotopic (exact) mass is 453 g/mol. The van der Waals surface area contributed by atoms with Gasteiger partial charge in [-0.2, -0.15) is 4.98 Å². The van der Waals surface area contributed by atoms with Gasteiger partial charge in [0.05, 0.1) is 0 Å². The van der Waals surface area contributed by atoms with E-state index in [0.717, 1.165) is 35.7 Å². The van der Waals surface area contributed by atoms with Crippen molar-refractivity contribution in [3.63, 3.8) is 0 Å². The zero-order valence-corrected chi connectivity index (χ0v) is 20.6. The number of rotatable bonds is 4. The number of benzene rings is 1. The van der Waals surface area contributed by atoms with Gasteiger partial charge in [0.25, 0.3) is 0 Å². The van der Waals surface area contributed by atoms with Crippen molar-refractivity contribution in [2.24, 2.45) is 0 Å². The van der Waals surface area contributed by atoms with Crippen molar-refractivity contribution >= 4 is 48.6 Å². The van der Waals surface area contributed by atoms with Crippen LogP contribution in [0.3, 0.4) is 0 Å². The van der Waals surface area contributed by atoms with E-state index in [-0.39, 0.29) is 16.5 Å². The molecule has 2 aromatic rings. The zero-order valence-electron chi connectivity index (χ0n) is 18.9. The molecule has 3 rings (SSSR count). The van der Waals surface area contributed by atoms with Gasteiger partial charge in [0.1, 0.15) is 0 Å². The summed E-state index contributed by atoms with van der Waals surface area (Å²) in [6, 6.07) is 6.25. The molecule has 0 unspecified atom stereocenters. The van der Waals surface area contributed by atoms with Crippen LogP contribution < -0.4 is 10.2 Å². The number of nitrogens with zero attached hydrogens (tertiary/aromatic N) is 3. The molecule has 168 valence electrons. The molecule has 7 nitrogen and oxygen atoms in total. The van der Waals surface area contributed by atoms with Gasteiger partial charge < -0.3 is 10.2 Å². The number of carbonyl (C=O) groups is 2. The van der Waals surface area contributed by atoms with E-state index in [1.807, 2.05) is 24.8 Å². The van der Waals surface area contributed by atoms with E-state index >= 15 is 0 Å². The summed E-state index contributed by atoms with van der Waals surface area (Å²) in [7, 11) is 0. The number of nitrogens with one attached hydrogen (secondary N) is 2. The first-order valence-corrected chi connectivity index (χ1v) is 11.2. The van der Waals surface area contributed by atoms with Crippen molar-refractivity contribution in [3.8, 4) is 0 Å². The first-order chi connectivity index (χ1) is 14.4. The molecule has 9 heteroatoms. The quantitative estimate of drug-likeness (QED) is 0.332. The molecule has 1 aliphatic heterocycles. The van der Waals surface area contributed by atoms with Crippen molar-refractivity contribution in [1.29, 1.82) is 0 Å². The van der Waals surface area contributed by atoms with E-state index in [9.17, 15) is 9.59 Å². The molecule has 0 atom stereocenters. The van der Waals surface area contributed by atoms with Crippen LogP contribution in [0.1, 0.15) is 70.6 Å². The highest BCUT2D eigenvalue weighted by Crippen LogP contribution is 2.27. The maximum Gasteiger partial charge on any atom is 0.223 e. The van der Waals surface area contributed by atoms with Gasteiger partial charge in [0.15, 0.2) is 6.29 Å². The normalized spacial score (nSPS) is 10.6. The summed E-state index contributed by atoms with van der Waals surface area (Å²) < 4.78 is 1.42. The van der Waals surface area contributed by atoms with Crippen molar-refractivity contribution in [3.05, 3.63) is 34.4 Å². The lowest BCUT2D eigenvalue weighted by atomic mass is 10.1. The first-order valence-electron chi connectivity index (χ1n) is 10.4. The van der Waals surface area contributed by atoms with Gasteiger partial charge in [0, 0.05) is 31.4 Å². The Hall–Kier alpha value is -2.13. The first kappa shape index (κ1) is 27.9. The Bertz CT molecular complexity index is 833. The van der Waals surface area contributed by atoms with Crippen LogP contribution in [0.15, 0.2) is 18.2 Å². The molecule has 0 radical (unpaired) electrons. The van der Waals surface area contributed by atoms with Crippen molar-refractivity contribution < 1.29 is 9.59 Å². The molecule has 2 N–H and O–H groups in total. The number of aromatic amines is 1. The van der Waals surface area contributed by atoms with Gasteiger partial charge in [-0.1, -0.05) is 47.1 Å². The molecular formula is C21H35N5O2S2. The SMILES string of the molecule is CC.CCC.CCCN(C(C)=O)c1ccc2c(c1)NCC2.O=Cc1nc(=S)[nH]n1S. The van der Waals surface area contributed by atoms with Crippen LogP contribution in [0.4, 0.5) is 11.4 Å². The molecule has 2 heterocycles. The lowest BCUT2D eigenvalue weighted by Crippen LogP contribution is -2.29. The van der Waals surface area contributed by atoms with E-state index in [1.54, 1.807) is 6.92 Å². The van der Waals surface area contributed by atoms with E-state index in [2.05, 4.69) is 73.3 Å². The summed E-state index contributed by atoms with van der Waals surface area (Å²) in [5.41, 5.74) is 3.53. The molecule has 0 bridgehead atoms. The number of aromatic nitrogens is 3. The minimum Gasteiger partial charge on any atom is -0.384 e. The maximum atomic E-state index is 11.5. The Balaban J connectivity index is 0.000000508. The number of hydrogen-bond donors (Lipinski definition) is 3. The third-order valence-corrected chi connectivity index (χ3v) is 4.17. The fourth-order valence-corrected chi connectivity index (χ4v) is 2.98. The number of H-pyrrole nitrogens is 1. The van der Waals surface area contributed by atoms with Crippen LogP contribution >= 0.6 is 25.0 Å². The Kier molecular flexibility index (Phi) is 14.6. The molecule has 1 amide bonds. The lowest BCUT2D eigenvalue weighted by Gasteiger charge is -2.21. The fraction of sp³-hybridized carbons (Fsp3) is 0.524. The molecule has 1 aromatic heterocycles.